The zero-order valence-electron chi connectivity index (χ0n) is 20.8. The minimum absolute atomic E-state index is 0.219. The van der Waals surface area contributed by atoms with Crippen molar-refractivity contribution < 1.29 is 38.1 Å². The normalized spacial score (nSPS) is 22.2. The molecule has 0 N–H and O–H groups in total. The predicted octanol–water partition coefficient (Wildman–Crippen LogP) is 4.51. The van der Waals surface area contributed by atoms with E-state index < -0.39 is 47.8 Å². The molecule has 0 aliphatic carbocycles. The molecule has 1 fully saturated rings. The maximum absolute atomic E-state index is 13.2. The van der Waals surface area contributed by atoms with Crippen LogP contribution in [0.25, 0.3) is 0 Å². The first-order valence-corrected chi connectivity index (χ1v) is 13.2. The van der Waals surface area contributed by atoms with E-state index in [2.05, 4.69) is 6.58 Å². The fraction of sp³-hybridized carbons (Fsp3) is 0.200. The minimum Gasteiger partial charge on any atom is -0.451 e. The summed E-state index contributed by atoms with van der Waals surface area (Å²) >= 11 is 1.20. The maximum Gasteiger partial charge on any atom is 0.338 e. The molecule has 0 spiro atoms. The molecule has 3 aromatic rings. The van der Waals surface area contributed by atoms with Gasteiger partial charge in [0.15, 0.2) is 30.7 Å². The third-order valence-electron chi connectivity index (χ3n) is 5.80. The van der Waals surface area contributed by atoms with Crippen LogP contribution in [0.15, 0.2) is 104 Å². The van der Waals surface area contributed by atoms with E-state index >= 15 is 0 Å². The van der Waals surface area contributed by atoms with Gasteiger partial charge < -0.3 is 23.7 Å². The van der Waals surface area contributed by atoms with Gasteiger partial charge in [-0.1, -0.05) is 60.7 Å². The molecule has 1 aliphatic rings. The van der Waals surface area contributed by atoms with Crippen LogP contribution in [0, 0.1) is 0 Å². The second kappa shape index (κ2) is 13.5. The van der Waals surface area contributed by atoms with Gasteiger partial charge in [0.25, 0.3) is 0 Å². The van der Waals surface area contributed by atoms with E-state index in [0.717, 1.165) is 0 Å². The molecule has 0 unspecified atom stereocenters. The first kappa shape index (κ1) is 27.8. The number of thioether (sulfide) groups is 1. The summed E-state index contributed by atoms with van der Waals surface area (Å²) < 4.78 is 23.4. The Kier molecular flexibility index (Phi) is 9.66. The van der Waals surface area contributed by atoms with Crippen molar-refractivity contribution in [3.8, 4) is 0 Å². The van der Waals surface area contributed by atoms with E-state index in [1.54, 1.807) is 97.1 Å². The van der Waals surface area contributed by atoms with Crippen LogP contribution in [0.1, 0.15) is 31.1 Å². The van der Waals surface area contributed by atoms with Crippen LogP contribution in [0.4, 0.5) is 0 Å². The van der Waals surface area contributed by atoms with Crippen LogP contribution in [0.2, 0.25) is 0 Å². The van der Waals surface area contributed by atoms with Crippen LogP contribution in [-0.2, 0) is 23.7 Å². The van der Waals surface area contributed by atoms with E-state index in [1.165, 1.54) is 11.8 Å². The summed E-state index contributed by atoms with van der Waals surface area (Å²) in [6, 6.07) is 24.6. The molecule has 0 amide bonds. The highest BCUT2D eigenvalue weighted by atomic mass is 32.2. The number of carbonyl (C=O) groups excluding carboxylic acids is 4. The number of hydrogen-bond donors (Lipinski definition) is 0. The summed E-state index contributed by atoms with van der Waals surface area (Å²) in [6.45, 7) is 3.70. The van der Waals surface area contributed by atoms with Gasteiger partial charge in [0.2, 0.25) is 0 Å². The number of benzene rings is 3. The van der Waals surface area contributed by atoms with Crippen LogP contribution >= 0.6 is 11.8 Å². The van der Waals surface area contributed by atoms with Gasteiger partial charge in [-0.15, -0.1) is 18.3 Å². The Hall–Kier alpha value is -4.21. The molecule has 1 saturated heterocycles. The van der Waals surface area contributed by atoms with Crippen LogP contribution in [-0.4, -0.2) is 59.8 Å². The molecule has 4 rings (SSSR count). The zero-order valence-corrected chi connectivity index (χ0v) is 21.6. The van der Waals surface area contributed by atoms with Crippen molar-refractivity contribution in [3.05, 3.63) is 120 Å². The van der Waals surface area contributed by atoms with E-state index in [1.807, 2.05) is 0 Å². The van der Waals surface area contributed by atoms with E-state index in [0.29, 0.717) is 12.0 Å². The van der Waals surface area contributed by atoms with Gasteiger partial charge in [-0.3, -0.25) is 0 Å². The van der Waals surface area contributed by atoms with E-state index in [-0.39, 0.29) is 16.7 Å². The Morgan fingerprint density at radius 3 is 1.51 bits per heavy atom. The Bertz CT molecular complexity index is 1280. The summed E-state index contributed by atoms with van der Waals surface area (Å²) in [5, 5.41) is 0. The summed E-state index contributed by atoms with van der Waals surface area (Å²) in [4.78, 5) is 51.5. The van der Waals surface area contributed by atoms with Gasteiger partial charge in [-0.2, -0.15) is 0 Å². The third kappa shape index (κ3) is 7.01. The fourth-order valence-corrected chi connectivity index (χ4v) is 4.87. The van der Waals surface area contributed by atoms with Gasteiger partial charge in [0.05, 0.1) is 16.7 Å². The number of esters is 3. The molecular formula is C30H26O8S. The van der Waals surface area contributed by atoms with Crippen molar-refractivity contribution in [3.63, 3.8) is 0 Å². The molecular weight excluding hydrogens is 520 g/mol. The lowest BCUT2D eigenvalue weighted by molar-refractivity contribution is -0.195. The van der Waals surface area contributed by atoms with Crippen molar-refractivity contribution in [2.45, 2.75) is 29.9 Å². The van der Waals surface area contributed by atoms with Gasteiger partial charge in [0, 0.05) is 5.75 Å². The SMILES string of the molecule is C=CCS[C@H]1O[C@H](C=O)[C@H](OC(=O)c2ccccc2)[C@H](OC(=O)c2ccccc2)[C@H]1OC(=O)c1ccccc1. The number of rotatable bonds is 10. The van der Waals surface area contributed by atoms with E-state index in [4.69, 9.17) is 18.9 Å². The summed E-state index contributed by atoms with van der Waals surface area (Å²) in [5.74, 6) is -1.83. The Morgan fingerprint density at radius 2 is 1.10 bits per heavy atom. The molecule has 39 heavy (non-hydrogen) atoms. The van der Waals surface area contributed by atoms with Crippen molar-refractivity contribution >= 4 is 36.0 Å². The first-order valence-electron chi connectivity index (χ1n) is 12.1. The number of ether oxygens (including phenoxy) is 4. The molecule has 0 bridgehead atoms. The Morgan fingerprint density at radius 1 is 0.692 bits per heavy atom. The average Bonchev–Trinajstić information content (AvgIpc) is 2.99. The lowest BCUT2D eigenvalue weighted by Crippen LogP contribution is -2.61. The predicted molar refractivity (Wildman–Crippen MR) is 144 cm³/mol. The third-order valence-corrected chi connectivity index (χ3v) is 6.94. The molecule has 200 valence electrons. The van der Waals surface area contributed by atoms with Crippen LogP contribution in [0.3, 0.4) is 0 Å². The summed E-state index contributed by atoms with van der Waals surface area (Å²) in [5.41, 5.74) is -0.237. The van der Waals surface area contributed by atoms with Gasteiger partial charge in [-0.05, 0) is 36.4 Å². The molecule has 0 radical (unpaired) electrons. The molecule has 0 aromatic heterocycles. The van der Waals surface area contributed by atoms with Crippen molar-refractivity contribution in [2.24, 2.45) is 0 Å². The van der Waals surface area contributed by atoms with Gasteiger partial charge >= 0.3 is 17.9 Å². The molecule has 9 heteroatoms. The molecule has 8 nitrogen and oxygen atoms in total. The topological polar surface area (TPSA) is 105 Å². The second-order valence-corrected chi connectivity index (χ2v) is 9.57. The van der Waals surface area contributed by atoms with Crippen molar-refractivity contribution in [1.29, 1.82) is 0 Å². The molecule has 0 saturated carbocycles. The monoisotopic (exact) mass is 546 g/mol. The highest BCUT2D eigenvalue weighted by molar-refractivity contribution is 7.99. The number of aldehydes is 1. The van der Waals surface area contributed by atoms with Gasteiger partial charge in [-0.25, -0.2) is 14.4 Å². The number of hydrogen-bond acceptors (Lipinski definition) is 9. The van der Waals surface area contributed by atoms with Crippen molar-refractivity contribution in [2.75, 3.05) is 5.75 Å². The van der Waals surface area contributed by atoms with Crippen molar-refractivity contribution in [1.82, 2.24) is 0 Å². The first-order chi connectivity index (χ1) is 19.0. The molecule has 1 heterocycles. The summed E-state index contributed by atoms with van der Waals surface area (Å²) in [6.07, 6.45) is -3.23. The van der Waals surface area contributed by atoms with Crippen LogP contribution < -0.4 is 0 Å². The zero-order chi connectivity index (χ0) is 27.6. The quantitative estimate of drug-likeness (QED) is 0.157. The van der Waals surface area contributed by atoms with Gasteiger partial charge in [0.1, 0.15) is 5.44 Å². The van der Waals surface area contributed by atoms with E-state index in [9.17, 15) is 19.2 Å². The standard InChI is InChI=1S/C30H26O8S/c1-2-18-39-30-26(38-29(34)22-16-10-5-11-17-22)25(37-28(33)21-14-8-4-9-15-21)24(23(19-31)35-30)36-27(32)20-12-6-3-7-13-20/h2-17,19,23-26,30H,1,18H2/t23-,24+,25+,26-,30-/m1/s1. The lowest BCUT2D eigenvalue weighted by atomic mass is 9.99. The minimum atomic E-state index is -1.41. The lowest BCUT2D eigenvalue weighted by Gasteiger charge is -2.43. The highest BCUT2D eigenvalue weighted by Gasteiger charge is 2.52. The maximum atomic E-state index is 13.2. The summed E-state index contributed by atoms with van der Waals surface area (Å²) in [7, 11) is 0. The smallest absolute Gasteiger partial charge is 0.338 e. The van der Waals surface area contributed by atoms with Crippen LogP contribution in [0.5, 0.6) is 0 Å². The molecule has 5 atom stereocenters. The average molecular weight is 547 g/mol. The fourth-order valence-electron chi connectivity index (χ4n) is 3.93. The highest BCUT2D eigenvalue weighted by Crippen LogP contribution is 2.34. The Balaban J connectivity index is 1.72. The Labute approximate surface area is 229 Å². The second-order valence-electron chi connectivity index (χ2n) is 8.44. The molecule has 3 aromatic carbocycles. The largest absolute Gasteiger partial charge is 0.451 e. The number of carbonyl (C=O) groups is 4. The molecule has 1 aliphatic heterocycles.